The molecule has 0 amide bonds. The molecule has 302 valence electrons. The highest BCUT2D eigenvalue weighted by Crippen LogP contribution is 2.62. The third kappa shape index (κ3) is 5.27. The van der Waals surface area contributed by atoms with Crippen LogP contribution < -0.4 is 4.74 Å². The molecule has 9 aromatic carbocycles. The molecule has 3 aromatic heterocycles. The van der Waals surface area contributed by atoms with Crippen LogP contribution in [0.3, 0.4) is 0 Å². The summed E-state index contributed by atoms with van der Waals surface area (Å²) in [6.07, 6.45) is 0. The first-order valence-corrected chi connectivity index (χ1v) is 22.8. The van der Waals surface area contributed by atoms with Crippen molar-refractivity contribution in [2.24, 2.45) is 0 Å². The van der Waals surface area contributed by atoms with Gasteiger partial charge in [0.25, 0.3) is 0 Å². The van der Waals surface area contributed by atoms with E-state index in [9.17, 15) is 0 Å². The maximum absolute atomic E-state index is 7.01. The van der Waals surface area contributed by atoms with Gasteiger partial charge in [-0.2, -0.15) is 0 Å². The van der Waals surface area contributed by atoms with E-state index >= 15 is 0 Å². The molecule has 65 heavy (non-hydrogen) atoms. The van der Waals surface area contributed by atoms with Crippen molar-refractivity contribution in [3.63, 3.8) is 0 Å². The predicted octanol–water partition coefficient (Wildman–Crippen LogP) is 15.7. The molecule has 2 aliphatic rings. The van der Waals surface area contributed by atoms with Gasteiger partial charge in [0.05, 0.1) is 28.0 Å². The number of rotatable bonds is 4. The van der Waals surface area contributed by atoms with E-state index in [1.165, 1.54) is 42.4 Å². The number of aromatic nitrogens is 3. The lowest BCUT2D eigenvalue weighted by atomic mass is 9.65. The minimum Gasteiger partial charge on any atom is -0.457 e. The molecule has 1 aliphatic carbocycles. The molecule has 1 aliphatic heterocycles. The second-order valence-electron chi connectivity index (χ2n) is 17.0. The highest BCUT2D eigenvalue weighted by atomic mass is 32.1. The van der Waals surface area contributed by atoms with E-state index in [0.717, 1.165) is 83.6 Å². The summed E-state index contributed by atoms with van der Waals surface area (Å²) in [6, 6.07) is 75.8. The van der Waals surface area contributed by atoms with Crippen LogP contribution >= 0.6 is 11.3 Å². The summed E-state index contributed by atoms with van der Waals surface area (Å²) in [6.45, 7) is 0. The molecule has 0 fully saturated rings. The summed E-state index contributed by atoms with van der Waals surface area (Å²) in [4.78, 5) is 16.1. The standard InChI is InChI=1S/C60H35N3OS/c1-3-16-36(17-4-1)57-46-34-55-50(60(49-27-12-13-28-54(49)64-55)47-25-10-7-20-39(47)40-21-8-11-26-48(40)60)33-44(46)45-32-38(30-31-51(45)61-57)52-35-53(63-59(62-52)37-18-5-2-6-19-37)43-24-15-23-42-41-22-9-14-29-56(41)65-58(42)43/h1-35H. The van der Waals surface area contributed by atoms with Crippen LogP contribution in [0.1, 0.15) is 22.3 Å². The Balaban J connectivity index is 1.05. The van der Waals surface area contributed by atoms with Crippen LogP contribution in [0.2, 0.25) is 0 Å². The van der Waals surface area contributed by atoms with Gasteiger partial charge in [-0.1, -0.05) is 170 Å². The SMILES string of the molecule is c1ccc(-c2nc(-c3ccc4nc(-c5ccccc5)c5cc6c(cc5c4c3)C3(c4ccccc4O6)c4ccccc4-c4ccccc43)cc(-c3cccc4c3sc3ccccc34)n2)cc1. The molecule has 1 spiro atoms. The van der Waals surface area contributed by atoms with Crippen LogP contribution in [0.25, 0.3) is 98.1 Å². The Morgan fingerprint density at radius 3 is 1.82 bits per heavy atom. The number of hydrogen-bond donors (Lipinski definition) is 0. The van der Waals surface area contributed by atoms with E-state index in [1.807, 2.05) is 29.5 Å². The quantitative estimate of drug-likeness (QED) is 0.166. The summed E-state index contributed by atoms with van der Waals surface area (Å²) < 4.78 is 9.50. The van der Waals surface area contributed by atoms with Crippen LogP contribution in [0.5, 0.6) is 11.5 Å². The maximum atomic E-state index is 7.01. The van der Waals surface area contributed by atoms with Crippen LogP contribution in [0.4, 0.5) is 0 Å². The normalized spacial score (nSPS) is 13.2. The van der Waals surface area contributed by atoms with Crippen molar-refractivity contribution < 1.29 is 4.74 Å². The molecule has 0 bridgehead atoms. The van der Waals surface area contributed by atoms with Gasteiger partial charge in [0, 0.05) is 64.3 Å². The molecule has 5 heteroatoms. The number of thiophene rings is 1. The number of pyridine rings is 1. The number of para-hydroxylation sites is 1. The fraction of sp³-hybridized carbons (Fsp3) is 0.0167. The predicted molar refractivity (Wildman–Crippen MR) is 267 cm³/mol. The summed E-state index contributed by atoms with van der Waals surface area (Å²) in [5.41, 5.74) is 14.3. The third-order valence-electron chi connectivity index (χ3n) is 13.5. The molecule has 0 N–H and O–H groups in total. The second kappa shape index (κ2) is 13.9. The first kappa shape index (κ1) is 36.3. The second-order valence-corrected chi connectivity index (χ2v) is 18.1. The van der Waals surface area contributed by atoms with E-state index < -0.39 is 5.41 Å². The maximum Gasteiger partial charge on any atom is 0.160 e. The molecule has 4 nitrogen and oxygen atoms in total. The Labute approximate surface area is 378 Å². The molecule has 4 heterocycles. The van der Waals surface area contributed by atoms with E-state index in [-0.39, 0.29) is 0 Å². The molecule has 14 rings (SSSR count). The van der Waals surface area contributed by atoms with Gasteiger partial charge in [-0.05, 0) is 70.1 Å². The Bertz CT molecular complexity index is 3890. The largest absolute Gasteiger partial charge is 0.457 e. The van der Waals surface area contributed by atoms with Gasteiger partial charge in [0.15, 0.2) is 5.82 Å². The molecular weight excluding hydrogens is 811 g/mol. The van der Waals surface area contributed by atoms with Gasteiger partial charge in [-0.3, -0.25) is 0 Å². The van der Waals surface area contributed by atoms with E-state index in [1.54, 1.807) is 0 Å². The fourth-order valence-electron chi connectivity index (χ4n) is 10.7. The Morgan fingerprint density at radius 2 is 1.02 bits per heavy atom. The first-order valence-electron chi connectivity index (χ1n) is 22.0. The molecule has 0 atom stereocenters. The summed E-state index contributed by atoms with van der Waals surface area (Å²) in [7, 11) is 0. The lowest BCUT2D eigenvalue weighted by Crippen LogP contribution is -2.32. The van der Waals surface area contributed by atoms with Crippen molar-refractivity contribution in [3.05, 3.63) is 235 Å². The minimum atomic E-state index is -0.606. The highest BCUT2D eigenvalue weighted by Gasteiger charge is 2.51. The van der Waals surface area contributed by atoms with Crippen molar-refractivity contribution in [1.29, 1.82) is 0 Å². The molecule has 0 radical (unpaired) electrons. The van der Waals surface area contributed by atoms with Crippen LogP contribution in [-0.2, 0) is 5.41 Å². The van der Waals surface area contributed by atoms with E-state index in [4.69, 9.17) is 19.7 Å². The summed E-state index contributed by atoms with van der Waals surface area (Å²) in [5.74, 6) is 2.38. The number of nitrogens with zero attached hydrogens (tertiary/aromatic N) is 3. The average Bonchev–Trinajstić information content (AvgIpc) is 3.90. The smallest absolute Gasteiger partial charge is 0.160 e. The van der Waals surface area contributed by atoms with Gasteiger partial charge >= 0.3 is 0 Å². The molecule has 12 aromatic rings. The summed E-state index contributed by atoms with van der Waals surface area (Å²) in [5, 5.41) is 5.67. The highest BCUT2D eigenvalue weighted by molar-refractivity contribution is 7.26. The van der Waals surface area contributed by atoms with Crippen molar-refractivity contribution in [2.75, 3.05) is 0 Å². The van der Waals surface area contributed by atoms with Crippen LogP contribution in [0, 0.1) is 0 Å². The average molecular weight is 846 g/mol. The van der Waals surface area contributed by atoms with Gasteiger partial charge in [-0.15, -0.1) is 11.3 Å². The number of ether oxygens (including phenoxy) is 1. The van der Waals surface area contributed by atoms with Gasteiger partial charge in [0.2, 0.25) is 0 Å². The number of fused-ring (bicyclic) bond motifs is 15. The van der Waals surface area contributed by atoms with Gasteiger partial charge < -0.3 is 4.74 Å². The monoisotopic (exact) mass is 845 g/mol. The molecular formula is C60H35N3OS. The summed E-state index contributed by atoms with van der Waals surface area (Å²) >= 11 is 1.82. The Kier molecular flexibility index (Phi) is 7.74. The third-order valence-corrected chi connectivity index (χ3v) is 14.8. The van der Waals surface area contributed by atoms with Crippen molar-refractivity contribution >= 4 is 53.2 Å². The Morgan fingerprint density at radius 1 is 0.369 bits per heavy atom. The molecule has 0 unspecified atom stereocenters. The molecule has 0 saturated carbocycles. The lowest BCUT2D eigenvalue weighted by molar-refractivity contribution is 0.437. The van der Waals surface area contributed by atoms with Crippen LogP contribution in [-0.4, -0.2) is 15.0 Å². The minimum absolute atomic E-state index is 0.606. The lowest BCUT2D eigenvalue weighted by Gasteiger charge is -2.39. The van der Waals surface area contributed by atoms with Gasteiger partial charge in [0.1, 0.15) is 11.5 Å². The zero-order valence-electron chi connectivity index (χ0n) is 34.9. The van der Waals surface area contributed by atoms with Crippen LogP contribution in [0.15, 0.2) is 212 Å². The van der Waals surface area contributed by atoms with Crippen molar-refractivity contribution in [2.45, 2.75) is 5.41 Å². The van der Waals surface area contributed by atoms with Crippen molar-refractivity contribution in [1.82, 2.24) is 15.0 Å². The van der Waals surface area contributed by atoms with E-state index in [0.29, 0.717) is 5.82 Å². The first-order chi connectivity index (χ1) is 32.2. The van der Waals surface area contributed by atoms with Crippen molar-refractivity contribution in [3.8, 4) is 67.8 Å². The number of hydrogen-bond acceptors (Lipinski definition) is 5. The number of benzene rings is 9. The fourth-order valence-corrected chi connectivity index (χ4v) is 11.9. The Hall–Kier alpha value is -8.25. The zero-order chi connectivity index (χ0) is 42.6. The van der Waals surface area contributed by atoms with E-state index in [2.05, 4.69) is 194 Å². The zero-order valence-corrected chi connectivity index (χ0v) is 35.7. The van der Waals surface area contributed by atoms with Gasteiger partial charge in [-0.25, -0.2) is 15.0 Å². The topological polar surface area (TPSA) is 47.9 Å². The molecule has 0 saturated heterocycles.